The molecule has 7 heteroatoms. The third kappa shape index (κ3) is 3.58. The normalized spacial score (nSPS) is 12.3. The number of tetrazole rings is 1. The third-order valence-corrected chi connectivity index (χ3v) is 3.55. The van der Waals surface area contributed by atoms with Crippen LogP contribution in [0.2, 0.25) is 5.02 Å². The number of hydrogen-bond donors (Lipinski definition) is 1. The molecule has 2 rings (SSSR count). The predicted molar refractivity (Wildman–Crippen MR) is 79.2 cm³/mol. The van der Waals surface area contributed by atoms with Crippen LogP contribution in [0.25, 0.3) is 11.4 Å². The van der Waals surface area contributed by atoms with Gasteiger partial charge in [-0.15, -0.1) is 5.10 Å². The highest BCUT2D eigenvalue weighted by Gasteiger charge is 2.21. The van der Waals surface area contributed by atoms with Crippen molar-refractivity contribution in [2.45, 2.75) is 39.2 Å². The molecule has 0 spiro atoms. The molecule has 0 radical (unpaired) electrons. The zero-order chi connectivity index (χ0) is 15.4. The molecular formula is C14H17ClN4O2. The highest BCUT2D eigenvalue weighted by Crippen LogP contribution is 2.30. The molecule has 112 valence electrons. The lowest BCUT2D eigenvalue weighted by atomic mass is 10.1. The SMILES string of the molecule is CCCC(CC(=O)O)n1nnnc1-c1ccc(C)cc1Cl. The summed E-state index contributed by atoms with van der Waals surface area (Å²) in [5.41, 5.74) is 1.75. The highest BCUT2D eigenvalue weighted by atomic mass is 35.5. The van der Waals surface area contributed by atoms with E-state index in [1.54, 1.807) is 4.68 Å². The molecular weight excluding hydrogens is 292 g/mol. The van der Waals surface area contributed by atoms with Crippen LogP contribution in [0.3, 0.4) is 0 Å². The zero-order valence-corrected chi connectivity index (χ0v) is 12.7. The first kappa shape index (κ1) is 15.4. The summed E-state index contributed by atoms with van der Waals surface area (Å²) in [6.45, 7) is 3.95. The van der Waals surface area contributed by atoms with Crippen LogP contribution < -0.4 is 0 Å². The lowest BCUT2D eigenvalue weighted by Crippen LogP contribution is -2.16. The first-order valence-corrected chi connectivity index (χ1v) is 7.17. The molecule has 0 amide bonds. The minimum Gasteiger partial charge on any atom is -0.481 e. The standard InChI is InChI=1S/C14H17ClN4O2/c1-3-4-10(8-13(20)21)19-14(16-17-18-19)11-6-5-9(2)7-12(11)15/h5-7,10H,3-4,8H2,1-2H3,(H,20,21). The molecule has 6 nitrogen and oxygen atoms in total. The van der Waals surface area contributed by atoms with E-state index in [9.17, 15) is 4.79 Å². The second kappa shape index (κ2) is 6.67. The molecule has 0 bridgehead atoms. The Bertz CT molecular complexity index is 642. The summed E-state index contributed by atoms with van der Waals surface area (Å²) >= 11 is 6.26. The number of rotatable bonds is 6. The number of aromatic nitrogens is 4. The Morgan fingerprint density at radius 3 is 2.86 bits per heavy atom. The summed E-state index contributed by atoms with van der Waals surface area (Å²) in [6.07, 6.45) is 1.52. The van der Waals surface area contributed by atoms with Gasteiger partial charge in [-0.25, -0.2) is 4.68 Å². The fourth-order valence-electron chi connectivity index (χ4n) is 2.26. The Morgan fingerprint density at radius 2 is 2.24 bits per heavy atom. The Hall–Kier alpha value is -1.95. The largest absolute Gasteiger partial charge is 0.481 e. The molecule has 0 saturated heterocycles. The number of benzene rings is 1. The van der Waals surface area contributed by atoms with Gasteiger partial charge in [-0.05, 0) is 41.5 Å². The van der Waals surface area contributed by atoms with Gasteiger partial charge in [-0.1, -0.05) is 31.0 Å². The maximum atomic E-state index is 11.0. The second-order valence-corrected chi connectivity index (χ2v) is 5.38. The van der Waals surface area contributed by atoms with Crippen molar-refractivity contribution in [2.24, 2.45) is 0 Å². The number of aryl methyl sites for hydroxylation is 1. The molecule has 1 aromatic carbocycles. The van der Waals surface area contributed by atoms with Crippen LogP contribution in [-0.2, 0) is 4.79 Å². The smallest absolute Gasteiger partial charge is 0.305 e. The molecule has 1 N–H and O–H groups in total. The van der Waals surface area contributed by atoms with E-state index >= 15 is 0 Å². The number of aliphatic carboxylic acids is 1. The van der Waals surface area contributed by atoms with Crippen molar-refractivity contribution in [3.63, 3.8) is 0 Å². The van der Waals surface area contributed by atoms with E-state index in [2.05, 4.69) is 15.5 Å². The van der Waals surface area contributed by atoms with Gasteiger partial charge in [-0.2, -0.15) is 0 Å². The average Bonchev–Trinajstić information content (AvgIpc) is 2.86. The fraction of sp³-hybridized carbons (Fsp3) is 0.429. The van der Waals surface area contributed by atoms with E-state index < -0.39 is 5.97 Å². The quantitative estimate of drug-likeness (QED) is 0.886. The van der Waals surface area contributed by atoms with Crippen LogP contribution in [0.15, 0.2) is 18.2 Å². The highest BCUT2D eigenvalue weighted by molar-refractivity contribution is 6.33. The van der Waals surface area contributed by atoms with Gasteiger partial charge in [0.15, 0.2) is 5.82 Å². The molecule has 2 aromatic rings. The van der Waals surface area contributed by atoms with E-state index in [1.807, 2.05) is 32.0 Å². The molecule has 1 aromatic heterocycles. The summed E-state index contributed by atoms with van der Waals surface area (Å²) in [5, 5.41) is 21.3. The lowest BCUT2D eigenvalue weighted by Gasteiger charge is -2.16. The van der Waals surface area contributed by atoms with E-state index in [1.165, 1.54) is 0 Å². The van der Waals surface area contributed by atoms with E-state index in [4.69, 9.17) is 16.7 Å². The summed E-state index contributed by atoms with van der Waals surface area (Å²) < 4.78 is 1.56. The van der Waals surface area contributed by atoms with Gasteiger partial charge in [0.05, 0.1) is 17.5 Å². The minimum atomic E-state index is -0.870. The van der Waals surface area contributed by atoms with E-state index in [-0.39, 0.29) is 12.5 Å². The molecule has 1 unspecified atom stereocenters. The van der Waals surface area contributed by atoms with Gasteiger partial charge in [0, 0.05) is 5.56 Å². The fourth-order valence-corrected chi connectivity index (χ4v) is 2.58. The summed E-state index contributed by atoms with van der Waals surface area (Å²) in [5.74, 6) is -0.371. The van der Waals surface area contributed by atoms with Crippen molar-refractivity contribution in [2.75, 3.05) is 0 Å². The van der Waals surface area contributed by atoms with E-state index in [0.29, 0.717) is 22.8 Å². The Kier molecular flexibility index (Phi) is 4.90. The molecule has 1 heterocycles. The van der Waals surface area contributed by atoms with Crippen molar-refractivity contribution in [1.82, 2.24) is 20.2 Å². The number of hydrogen-bond acceptors (Lipinski definition) is 4. The van der Waals surface area contributed by atoms with Gasteiger partial charge in [0.1, 0.15) is 0 Å². The van der Waals surface area contributed by atoms with E-state index in [0.717, 1.165) is 12.0 Å². The number of carboxylic acids is 1. The van der Waals surface area contributed by atoms with Crippen LogP contribution in [0.4, 0.5) is 0 Å². The maximum absolute atomic E-state index is 11.0. The second-order valence-electron chi connectivity index (χ2n) is 4.97. The van der Waals surface area contributed by atoms with Crippen LogP contribution in [0.1, 0.15) is 37.8 Å². The number of carboxylic acid groups (broad SMARTS) is 1. The van der Waals surface area contributed by atoms with Crippen molar-refractivity contribution in [1.29, 1.82) is 0 Å². The Balaban J connectivity index is 2.42. The van der Waals surface area contributed by atoms with Gasteiger partial charge in [0.25, 0.3) is 0 Å². The predicted octanol–water partition coefficient (Wildman–Crippen LogP) is 3.12. The number of nitrogens with zero attached hydrogens (tertiary/aromatic N) is 4. The summed E-state index contributed by atoms with van der Waals surface area (Å²) in [6, 6.07) is 5.33. The molecule has 0 aliphatic carbocycles. The Labute approximate surface area is 127 Å². The summed E-state index contributed by atoms with van der Waals surface area (Å²) in [7, 11) is 0. The van der Waals surface area contributed by atoms with Crippen molar-refractivity contribution >= 4 is 17.6 Å². The van der Waals surface area contributed by atoms with Crippen LogP contribution in [0, 0.1) is 6.92 Å². The van der Waals surface area contributed by atoms with Crippen LogP contribution >= 0.6 is 11.6 Å². The first-order chi connectivity index (χ1) is 10.0. The summed E-state index contributed by atoms with van der Waals surface area (Å²) in [4.78, 5) is 11.0. The van der Waals surface area contributed by atoms with Crippen LogP contribution in [-0.4, -0.2) is 31.3 Å². The van der Waals surface area contributed by atoms with Gasteiger partial charge >= 0.3 is 5.97 Å². The van der Waals surface area contributed by atoms with Crippen molar-refractivity contribution < 1.29 is 9.90 Å². The molecule has 0 aliphatic heterocycles. The third-order valence-electron chi connectivity index (χ3n) is 3.24. The number of halogens is 1. The Morgan fingerprint density at radius 1 is 1.48 bits per heavy atom. The molecule has 0 saturated carbocycles. The average molecular weight is 309 g/mol. The molecule has 21 heavy (non-hydrogen) atoms. The van der Waals surface area contributed by atoms with Gasteiger partial charge in [0.2, 0.25) is 0 Å². The lowest BCUT2D eigenvalue weighted by molar-refractivity contribution is -0.138. The van der Waals surface area contributed by atoms with Gasteiger partial charge < -0.3 is 5.11 Å². The zero-order valence-electron chi connectivity index (χ0n) is 12.0. The minimum absolute atomic E-state index is 0.0185. The maximum Gasteiger partial charge on any atom is 0.305 e. The molecule has 0 fully saturated rings. The molecule has 1 atom stereocenters. The topological polar surface area (TPSA) is 80.9 Å². The number of carbonyl (C=O) groups is 1. The van der Waals surface area contributed by atoms with Crippen molar-refractivity contribution in [3.8, 4) is 11.4 Å². The van der Waals surface area contributed by atoms with Crippen molar-refractivity contribution in [3.05, 3.63) is 28.8 Å². The van der Waals surface area contributed by atoms with Gasteiger partial charge in [-0.3, -0.25) is 4.79 Å². The molecule has 0 aliphatic rings. The monoisotopic (exact) mass is 308 g/mol. The first-order valence-electron chi connectivity index (χ1n) is 6.79. The van der Waals surface area contributed by atoms with Crippen LogP contribution in [0.5, 0.6) is 0 Å².